The molecule has 0 saturated carbocycles. The Bertz CT molecular complexity index is 134. The molecule has 1 unspecified atom stereocenters. The molecule has 0 aromatic heterocycles. The van der Waals surface area contributed by atoms with Gasteiger partial charge in [-0.1, -0.05) is 13.8 Å². The van der Waals surface area contributed by atoms with Crippen LogP contribution in [0.3, 0.4) is 0 Å². The van der Waals surface area contributed by atoms with E-state index < -0.39 is 0 Å². The van der Waals surface area contributed by atoms with Gasteiger partial charge in [-0.05, 0) is 46.7 Å². The van der Waals surface area contributed by atoms with Crippen LogP contribution < -0.4 is 0 Å². The molecule has 0 saturated heterocycles. The molecule has 0 aromatic carbocycles. The van der Waals surface area contributed by atoms with E-state index in [0.717, 1.165) is 6.61 Å². The van der Waals surface area contributed by atoms with Gasteiger partial charge < -0.3 is 9.64 Å². The average molecular weight is 201 g/mol. The van der Waals surface area contributed by atoms with E-state index in [1.54, 1.807) is 0 Å². The van der Waals surface area contributed by atoms with Gasteiger partial charge in [-0.25, -0.2) is 0 Å². The lowest BCUT2D eigenvalue weighted by atomic mass is 9.95. The lowest BCUT2D eigenvalue weighted by Gasteiger charge is -2.31. The zero-order valence-electron chi connectivity index (χ0n) is 10.7. The predicted octanol–water partition coefficient (Wildman–Crippen LogP) is 2.78. The molecule has 2 nitrogen and oxygen atoms in total. The summed E-state index contributed by atoms with van der Waals surface area (Å²) in [4.78, 5) is 2.32. The Morgan fingerprint density at radius 1 is 1.07 bits per heavy atom. The van der Waals surface area contributed by atoms with Gasteiger partial charge in [-0.2, -0.15) is 0 Å². The first-order valence-electron chi connectivity index (χ1n) is 5.80. The molecule has 0 heterocycles. The van der Waals surface area contributed by atoms with Crippen LogP contribution >= 0.6 is 0 Å². The summed E-state index contributed by atoms with van der Waals surface area (Å²) in [7, 11) is 4.32. The van der Waals surface area contributed by atoms with E-state index in [-0.39, 0.29) is 0 Å². The van der Waals surface area contributed by atoms with Crippen molar-refractivity contribution in [2.24, 2.45) is 5.92 Å². The second-order valence-corrected chi connectivity index (χ2v) is 4.49. The number of hydrogen-bond acceptors (Lipinski definition) is 2. The van der Waals surface area contributed by atoms with Crippen molar-refractivity contribution >= 4 is 0 Å². The van der Waals surface area contributed by atoms with Crippen molar-refractivity contribution in [2.75, 3.05) is 20.7 Å². The molecule has 0 aromatic rings. The Balaban J connectivity index is 4.08. The SMILES string of the molecule is CCC(COC(C)C)[C@H](CC)N(C)C. The highest BCUT2D eigenvalue weighted by Gasteiger charge is 2.20. The third-order valence-electron chi connectivity index (χ3n) is 2.79. The van der Waals surface area contributed by atoms with Crippen LogP contribution in [0.2, 0.25) is 0 Å². The Labute approximate surface area is 89.6 Å². The molecule has 0 aliphatic carbocycles. The number of hydrogen-bond donors (Lipinski definition) is 0. The molecule has 0 radical (unpaired) electrons. The number of nitrogens with zero attached hydrogens (tertiary/aromatic N) is 1. The quantitative estimate of drug-likeness (QED) is 0.628. The number of rotatable bonds is 7. The summed E-state index contributed by atoms with van der Waals surface area (Å²) in [5.74, 6) is 0.664. The second kappa shape index (κ2) is 7.24. The molecule has 0 aliphatic rings. The summed E-state index contributed by atoms with van der Waals surface area (Å²) in [6.45, 7) is 9.60. The fraction of sp³-hybridized carbons (Fsp3) is 1.00. The first-order valence-corrected chi connectivity index (χ1v) is 5.80. The van der Waals surface area contributed by atoms with Crippen LogP contribution in [-0.4, -0.2) is 37.7 Å². The zero-order chi connectivity index (χ0) is 11.1. The molecule has 0 bridgehead atoms. The van der Waals surface area contributed by atoms with Gasteiger partial charge >= 0.3 is 0 Å². The first-order chi connectivity index (χ1) is 6.52. The van der Waals surface area contributed by atoms with Crippen molar-refractivity contribution in [1.82, 2.24) is 4.90 Å². The third kappa shape index (κ3) is 4.97. The summed E-state index contributed by atoms with van der Waals surface area (Å²) >= 11 is 0. The van der Waals surface area contributed by atoms with Gasteiger partial charge in [0.2, 0.25) is 0 Å². The van der Waals surface area contributed by atoms with Crippen LogP contribution in [0, 0.1) is 5.92 Å². The largest absolute Gasteiger partial charge is 0.378 e. The van der Waals surface area contributed by atoms with Crippen molar-refractivity contribution in [3.8, 4) is 0 Å². The van der Waals surface area contributed by atoms with E-state index in [0.29, 0.717) is 18.1 Å². The van der Waals surface area contributed by atoms with Crippen LogP contribution in [0.5, 0.6) is 0 Å². The van der Waals surface area contributed by atoms with Gasteiger partial charge in [0.25, 0.3) is 0 Å². The summed E-state index contributed by atoms with van der Waals surface area (Å²) in [6.07, 6.45) is 2.75. The van der Waals surface area contributed by atoms with E-state index in [9.17, 15) is 0 Å². The Hall–Kier alpha value is -0.0800. The van der Waals surface area contributed by atoms with E-state index in [1.807, 2.05) is 0 Å². The van der Waals surface area contributed by atoms with Crippen molar-refractivity contribution < 1.29 is 4.74 Å². The monoisotopic (exact) mass is 201 g/mol. The highest BCUT2D eigenvalue weighted by atomic mass is 16.5. The molecule has 2 heteroatoms. The van der Waals surface area contributed by atoms with Crippen LogP contribution in [-0.2, 0) is 4.74 Å². The molecule has 0 rings (SSSR count). The van der Waals surface area contributed by atoms with Crippen molar-refractivity contribution in [3.05, 3.63) is 0 Å². The van der Waals surface area contributed by atoms with Crippen LogP contribution in [0.25, 0.3) is 0 Å². The van der Waals surface area contributed by atoms with Gasteiger partial charge in [0.1, 0.15) is 0 Å². The van der Waals surface area contributed by atoms with Crippen molar-refractivity contribution in [3.63, 3.8) is 0 Å². The predicted molar refractivity (Wildman–Crippen MR) is 62.6 cm³/mol. The summed E-state index contributed by atoms with van der Waals surface area (Å²) < 4.78 is 5.70. The maximum atomic E-state index is 5.70. The summed E-state index contributed by atoms with van der Waals surface area (Å²) in [5.41, 5.74) is 0. The van der Waals surface area contributed by atoms with E-state index in [2.05, 4.69) is 46.7 Å². The summed E-state index contributed by atoms with van der Waals surface area (Å²) in [6, 6.07) is 0.652. The fourth-order valence-corrected chi connectivity index (χ4v) is 1.94. The molecular weight excluding hydrogens is 174 g/mol. The lowest BCUT2D eigenvalue weighted by molar-refractivity contribution is 0.0245. The molecule has 86 valence electrons. The van der Waals surface area contributed by atoms with Crippen LogP contribution in [0.4, 0.5) is 0 Å². The minimum absolute atomic E-state index is 0.351. The summed E-state index contributed by atoms with van der Waals surface area (Å²) in [5, 5.41) is 0. The second-order valence-electron chi connectivity index (χ2n) is 4.49. The molecule has 0 amide bonds. The van der Waals surface area contributed by atoms with Crippen LogP contribution in [0.15, 0.2) is 0 Å². The molecule has 2 atom stereocenters. The minimum atomic E-state index is 0.351. The normalized spacial score (nSPS) is 16.3. The Morgan fingerprint density at radius 2 is 1.64 bits per heavy atom. The maximum Gasteiger partial charge on any atom is 0.0519 e. The number of ether oxygens (including phenoxy) is 1. The zero-order valence-corrected chi connectivity index (χ0v) is 10.7. The lowest BCUT2D eigenvalue weighted by Crippen LogP contribution is -2.37. The van der Waals surface area contributed by atoms with E-state index >= 15 is 0 Å². The smallest absolute Gasteiger partial charge is 0.0519 e. The molecule has 0 N–H and O–H groups in total. The molecule has 14 heavy (non-hydrogen) atoms. The van der Waals surface area contributed by atoms with Crippen molar-refractivity contribution in [2.45, 2.75) is 52.7 Å². The van der Waals surface area contributed by atoms with Gasteiger partial charge in [0.15, 0.2) is 0 Å². The maximum absolute atomic E-state index is 5.70. The molecule has 0 fully saturated rings. The fourth-order valence-electron chi connectivity index (χ4n) is 1.94. The van der Waals surface area contributed by atoms with Gasteiger partial charge in [-0.3, -0.25) is 0 Å². The molecule has 0 spiro atoms. The standard InChI is InChI=1S/C12H27NO/c1-7-11(9-14-10(3)4)12(8-2)13(5)6/h10-12H,7-9H2,1-6H3/t11?,12-/m0/s1. The highest BCUT2D eigenvalue weighted by Crippen LogP contribution is 2.17. The van der Waals surface area contributed by atoms with Gasteiger partial charge in [0, 0.05) is 6.04 Å². The van der Waals surface area contributed by atoms with Gasteiger partial charge in [-0.15, -0.1) is 0 Å². The molecule has 0 aliphatic heterocycles. The Morgan fingerprint density at radius 3 is 1.93 bits per heavy atom. The van der Waals surface area contributed by atoms with E-state index in [4.69, 9.17) is 4.74 Å². The molecular formula is C12H27NO. The first kappa shape index (κ1) is 13.9. The van der Waals surface area contributed by atoms with Gasteiger partial charge in [0.05, 0.1) is 12.7 Å². The minimum Gasteiger partial charge on any atom is -0.378 e. The topological polar surface area (TPSA) is 12.5 Å². The average Bonchev–Trinajstić information content (AvgIpc) is 2.10. The third-order valence-corrected chi connectivity index (χ3v) is 2.79. The van der Waals surface area contributed by atoms with E-state index in [1.165, 1.54) is 12.8 Å². The van der Waals surface area contributed by atoms with Crippen molar-refractivity contribution in [1.29, 1.82) is 0 Å². The van der Waals surface area contributed by atoms with Crippen LogP contribution in [0.1, 0.15) is 40.5 Å². The highest BCUT2D eigenvalue weighted by molar-refractivity contribution is 4.73. The Kier molecular flexibility index (Phi) is 7.20.